The molecule has 4 nitrogen and oxygen atoms in total. The van der Waals surface area contributed by atoms with E-state index in [2.05, 4.69) is 12.1 Å². The summed E-state index contributed by atoms with van der Waals surface area (Å²) in [6, 6.07) is 6.14. The standard InChI is InChI=1S/C20H28BClO4/c1-19(2)20(3,4)26-21(25-19)16-12-15(10-11-17(16)22)13-6-8-14(9-7-13)18(23)24-5/h10-14H,6-9H2,1-5H3. The fourth-order valence-corrected chi connectivity index (χ4v) is 4.00. The van der Waals surface area contributed by atoms with Gasteiger partial charge < -0.3 is 14.0 Å². The van der Waals surface area contributed by atoms with Crippen molar-refractivity contribution in [3.63, 3.8) is 0 Å². The van der Waals surface area contributed by atoms with Gasteiger partial charge in [-0.25, -0.2) is 0 Å². The minimum Gasteiger partial charge on any atom is -0.469 e. The lowest BCUT2D eigenvalue weighted by Crippen LogP contribution is -2.41. The quantitative estimate of drug-likeness (QED) is 0.587. The molecule has 0 atom stereocenters. The number of methoxy groups -OCH3 is 1. The van der Waals surface area contributed by atoms with Crippen LogP contribution in [0.15, 0.2) is 18.2 Å². The Balaban J connectivity index is 1.76. The highest BCUT2D eigenvalue weighted by Gasteiger charge is 2.52. The monoisotopic (exact) mass is 378 g/mol. The minimum absolute atomic E-state index is 0.0334. The van der Waals surface area contributed by atoms with Crippen molar-refractivity contribution in [2.75, 3.05) is 7.11 Å². The molecule has 0 aromatic heterocycles. The van der Waals surface area contributed by atoms with E-state index in [9.17, 15) is 4.79 Å². The highest BCUT2D eigenvalue weighted by Crippen LogP contribution is 2.39. The van der Waals surface area contributed by atoms with Gasteiger partial charge >= 0.3 is 13.1 Å². The predicted molar refractivity (Wildman–Crippen MR) is 104 cm³/mol. The van der Waals surface area contributed by atoms with Crippen molar-refractivity contribution in [3.05, 3.63) is 28.8 Å². The summed E-state index contributed by atoms with van der Waals surface area (Å²) in [6.45, 7) is 8.16. The third kappa shape index (κ3) is 3.67. The smallest absolute Gasteiger partial charge is 0.469 e. The molecule has 1 aromatic carbocycles. The first-order valence-electron chi connectivity index (χ1n) is 9.37. The van der Waals surface area contributed by atoms with E-state index in [0.717, 1.165) is 31.1 Å². The van der Waals surface area contributed by atoms with Crippen molar-refractivity contribution in [2.45, 2.75) is 70.5 Å². The molecule has 26 heavy (non-hydrogen) atoms. The molecular formula is C20H28BClO4. The van der Waals surface area contributed by atoms with Gasteiger partial charge in [0.15, 0.2) is 0 Å². The molecule has 1 aliphatic carbocycles. The maximum absolute atomic E-state index is 11.7. The third-order valence-electron chi connectivity index (χ3n) is 6.26. The zero-order chi connectivity index (χ0) is 19.1. The average Bonchev–Trinajstić information content (AvgIpc) is 2.82. The van der Waals surface area contributed by atoms with E-state index in [4.69, 9.17) is 25.6 Å². The van der Waals surface area contributed by atoms with Crippen molar-refractivity contribution >= 4 is 30.2 Å². The van der Waals surface area contributed by atoms with Gasteiger partial charge in [-0.05, 0) is 70.9 Å². The zero-order valence-corrected chi connectivity index (χ0v) is 17.1. The average molecular weight is 379 g/mol. The number of hydrogen-bond donors (Lipinski definition) is 0. The molecule has 3 rings (SSSR count). The molecule has 0 amide bonds. The van der Waals surface area contributed by atoms with Gasteiger partial charge in [-0.3, -0.25) is 4.79 Å². The molecule has 1 aromatic rings. The number of rotatable bonds is 3. The summed E-state index contributed by atoms with van der Waals surface area (Å²) in [6.07, 6.45) is 3.69. The first-order valence-corrected chi connectivity index (χ1v) is 9.75. The fourth-order valence-electron chi connectivity index (χ4n) is 3.80. The van der Waals surface area contributed by atoms with Crippen LogP contribution in [0.1, 0.15) is 64.9 Å². The molecule has 0 radical (unpaired) electrons. The molecule has 2 fully saturated rings. The Morgan fingerprint density at radius 2 is 1.69 bits per heavy atom. The summed E-state index contributed by atoms with van der Waals surface area (Å²) < 4.78 is 17.2. The summed E-state index contributed by atoms with van der Waals surface area (Å²) in [7, 11) is 1.00. The van der Waals surface area contributed by atoms with Crippen LogP contribution in [0, 0.1) is 5.92 Å². The van der Waals surface area contributed by atoms with Crippen LogP contribution < -0.4 is 5.46 Å². The highest BCUT2D eigenvalue weighted by molar-refractivity contribution is 6.65. The Kier molecular flexibility index (Phi) is 5.44. The van der Waals surface area contributed by atoms with Gasteiger partial charge in [-0.15, -0.1) is 0 Å². The Bertz CT molecular complexity index is 664. The highest BCUT2D eigenvalue weighted by atomic mass is 35.5. The van der Waals surface area contributed by atoms with E-state index in [1.54, 1.807) is 0 Å². The van der Waals surface area contributed by atoms with Crippen LogP contribution >= 0.6 is 11.6 Å². The van der Waals surface area contributed by atoms with E-state index in [1.807, 2.05) is 33.8 Å². The molecule has 0 unspecified atom stereocenters. The first-order chi connectivity index (χ1) is 12.1. The number of carbonyl (C=O) groups is 1. The lowest BCUT2D eigenvalue weighted by Gasteiger charge is -2.32. The molecule has 0 bridgehead atoms. The number of esters is 1. The van der Waals surface area contributed by atoms with Gasteiger partial charge in [0.25, 0.3) is 0 Å². The van der Waals surface area contributed by atoms with Gasteiger partial charge in [0.2, 0.25) is 0 Å². The van der Waals surface area contributed by atoms with Gasteiger partial charge in [0, 0.05) is 10.5 Å². The number of halogens is 1. The summed E-state index contributed by atoms with van der Waals surface area (Å²) in [5.74, 6) is 0.373. The first kappa shape index (κ1) is 19.7. The van der Waals surface area contributed by atoms with Crippen molar-refractivity contribution in [1.82, 2.24) is 0 Å². The van der Waals surface area contributed by atoms with Crippen molar-refractivity contribution < 1.29 is 18.8 Å². The molecule has 6 heteroatoms. The molecule has 0 spiro atoms. The van der Waals surface area contributed by atoms with E-state index in [-0.39, 0.29) is 11.9 Å². The summed E-state index contributed by atoms with van der Waals surface area (Å²) in [5, 5.41) is 0.662. The maximum atomic E-state index is 11.7. The Labute approximate surface area is 161 Å². The number of ether oxygens (including phenoxy) is 1. The lowest BCUT2D eigenvalue weighted by molar-refractivity contribution is -0.146. The summed E-state index contributed by atoms with van der Waals surface area (Å²) in [4.78, 5) is 11.7. The van der Waals surface area contributed by atoms with Crippen molar-refractivity contribution in [3.8, 4) is 0 Å². The molecule has 2 aliphatic rings. The number of benzene rings is 1. The topological polar surface area (TPSA) is 44.8 Å². The van der Waals surface area contributed by atoms with Gasteiger partial charge in [0.05, 0.1) is 24.2 Å². The Morgan fingerprint density at radius 1 is 1.12 bits per heavy atom. The van der Waals surface area contributed by atoms with Crippen LogP contribution in [0.3, 0.4) is 0 Å². The second-order valence-corrected chi connectivity index (χ2v) is 8.85. The molecule has 1 aliphatic heterocycles. The fraction of sp³-hybridized carbons (Fsp3) is 0.650. The second kappa shape index (κ2) is 7.18. The van der Waals surface area contributed by atoms with Crippen LogP contribution in [-0.2, 0) is 18.8 Å². The van der Waals surface area contributed by atoms with E-state index in [1.165, 1.54) is 12.7 Å². The molecule has 142 valence electrons. The number of carbonyl (C=O) groups excluding carboxylic acids is 1. The summed E-state index contributed by atoms with van der Waals surface area (Å²) in [5.41, 5.74) is 1.34. The van der Waals surface area contributed by atoms with Crippen LogP contribution in [0.5, 0.6) is 0 Å². The molecule has 1 saturated heterocycles. The molecule has 0 N–H and O–H groups in total. The van der Waals surface area contributed by atoms with Crippen LogP contribution in [-0.4, -0.2) is 31.4 Å². The summed E-state index contributed by atoms with van der Waals surface area (Å²) >= 11 is 6.46. The predicted octanol–water partition coefficient (Wildman–Crippen LogP) is 4.09. The van der Waals surface area contributed by atoms with Crippen LogP contribution in [0.2, 0.25) is 5.02 Å². The normalized spacial score (nSPS) is 27.4. The largest absolute Gasteiger partial charge is 0.496 e. The molecule has 1 saturated carbocycles. The second-order valence-electron chi connectivity index (χ2n) is 8.44. The van der Waals surface area contributed by atoms with Crippen molar-refractivity contribution in [2.24, 2.45) is 5.92 Å². The number of hydrogen-bond acceptors (Lipinski definition) is 4. The molecular weight excluding hydrogens is 350 g/mol. The maximum Gasteiger partial charge on any atom is 0.496 e. The van der Waals surface area contributed by atoms with Crippen LogP contribution in [0.4, 0.5) is 0 Å². The van der Waals surface area contributed by atoms with Gasteiger partial charge in [-0.2, -0.15) is 0 Å². The third-order valence-corrected chi connectivity index (χ3v) is 6.60. The van der Waals surface area contributed by atoms with E-state index >= 15 is 0 Å². The molecule has 1 heterocycles. The SMILES string of the molecule is COC(=O)C1CCC(c2ccc(Cl)c(B3OC(C)(C)C(C)(C)O3)c2)CC1. The van der Waals surface area contributed by atoms with Gasteiger partial charge in [0.1, 0.15) is 0 Å². The Morgan fingerprint density at radius 3 is 2.23 bits per heavy atom. The lowest BCUT2D eigenvalue weighted by atomic mass is 9.74. The van der Waals surface area contributed by atoms with Crippen molar-refractivity contribution in [1.29, 1.82) is 0 Å². The minimum atomic E-state index is -0.459. The Hall–Kier alpha value is -1.04. The van der Waals surface area contributed by atoms with E-state index < -0.39 is 18.3 Å². The zero-order valence-electron chi connectivity index (χ0n) is 16.3. The van der Waals surface area contributed by atoms with Gasteiger partial charge in [-0.1, -0.05) is 23.7 Å². The van der Waals surface area contributed by atoms with Crippen LogP contribution in [0.25, 0.3) is 0 Å². The van der Waals surface area contributed by atoms with E-state index in [0.29, 0.717) is 10.9 Å².